The Morgan fingerprint density at radius 1 is 1.29 bits per heavy atom. The van der Waals surface area contributed by atoms with Crippen molar-refractivity contribution in [1.82, 2.24) is 0 Å². The molecule has 1 amide bonds. The molecule has 1 atom stereocenters. The number of benzene rings is 2. The molecule has 3 rings (SSSR count). The van der Waals surface area contributed by atoms with Crippen LogP contribution in [0, 0.1) is 18.6 Å². The van der Waals surface area contributed by atoms with Crippen LogP contribution >= 0.6 is 11.6 Å². The Bertz CT molecular complexity index is 819. The van der Waals surface area contributed by atoms with Gasteiger partial charge in [0.15, 0.2) is 0 Å². The summed E-state index contributed by atoms with van der Waals surface area (Å²) in [7, 11) is 0. The maximum absolute atomic E-state index is 13.9. The summed E-state index contributed by atoms with van der Waals surface area (Å²) in [5, 5.41) is 6.39. The molecule has 2 aromatic carbocycles. The quantitative estimate of drug-likeness (QED) is 0.907. The average molecular weight is 351 g/mol. The predicted molar refractivity (Wildman–Crippen MR) is 87.2 cm³/mol. The molecule has 1 N–H and O–H groups in total. The van der Waals surface area contributed by atoms with Crippen LogP contribution in [0.25, 0.3) is 0 Å². The first-order chi connectivity index (χ1) is 11.5. The topological polar surface area (TPSA) is 50.7 Å². The van der Waals surface area contributed by atoms with E-state index >= 15 is 0 Å². The van der Waals surface area contributed by atoms with Gasteiger partial charge in [0.25, 0.3) is 5.91 Å². The summed E-state index contributed by atoms with van der Waals surface area (Å²) >= 11 is 5.98. The number of rotatable bonds is 3. The fourth-order valence-electron chi connectivity index (χ4n) is 2.39. The number of hydrogen-bond donors (Lipinski definition) is 1. The van der Waals surface area contributed by atoms with E-state index in [2.05, 4.69) is 10.5 Å². The Hall–Kier alpha value is -2.47. The number of carbonyl (C=O) groups excluding carboxylic acids is 1. The van der Waals surface area contributed by atoms with Crippen molar-refractivity contribution >= 4 is 28.9 Å². The van der Waals surface area contributed by atoms with E-state index < -0.39 is 23.6 Å². The molecule has 0 saturated heterocycles. The molecule has 1 aliphatic rings. The second-order valence-electron chi connectivity index (χ2n) is 5.41. The van der Waals surface area contributed by atoms with Crippen molar-refractivity contribution in [2.75, 3.05) is 5.32 Å². The van der Waals surface area contributed by atoms with Crippen molar-refractivity contribution in [1.29, 1.82) is 0 Å². The van der Waals surface area contributed by atoms with E-state index in [4.69, 9.17) is 16.4 Å². The summed E-state index contributed by atoms with van der Waals surface area (Å²) < 4.78 is 27.6. The van der Waals surface area contributed by atoms with Crippen LogP contribution in [-0.4, -0.2) is 17.7 Å². The second kappa shape index (κ2) is 6.57. The smallest absolute Gasteiger partial charge is 0.268 e. The molecule has 24 heavy (non-hydrogen) atoms. The van der Waals surface area contributed by atoms with Gasteiger partial charge >= 0.3 is 0 Å². The summed E-state index contributed by atoms with van der Waals surface area (Å²) in [5.41, 5.74) is 1.20. The molecule has 1 heterocycles. The highest BCUT2D eigenvalue weighted by molar-refractivity contribution is 6.34. The molecule has 1 unspecified atom stereocenters. The number of anilines is 1. The van der Waals surface area contributed by atoms with Crippen molar-refractivity contribution in [2.45, 2.75) is 19.4 Å². The van der Waals surface area contributed by atoms with Crippen LogP contribution in [0.3, 0.4) is 0 Å². The lowest BCUT2D eigenvalue weighted by Gasteiger charge is -2.11. The molecule has 0 spiro atoms. The molecular formula is C17H13ClF2N2O2. The molecule has 124 valence electrons. The van der Waals surface area contributed by atoms with Gasteiger partial charge in [0, 0.05) is 6.42 Å². The van der Waals surface area contributed by atoms with Gasteiger partial charge in [-0.25, -0.2) is 8.78 Å². The minimum atomic E-state index is -0.976. The summed E-state index contributed by atoms with van der Waals surface area (Å²) in [6.07, 6.45) is -0.935. The van der Waals surface area contributed by atoms with Crippen molar-refractivity contribution in [3.05, 3.63) is 64.2 Å². The fraction of sp³-hybridized carbons (Fsp3) is 0.176. The van der Waals surface area contributed by atoms with Gasteiger partial charge < -0.3 is 10.2 Å². The molecule has 0 aliphatic carbocycles. The van der Waals surface area contributed by atoms with Crippen LogP contribution in [-0.2, 0) is 9.63 Å². The fourth-order valence-corrected chi connectivity index (χ4v) is 2.66. The summed E-state index contributed by atoms with van der Waals surface area (Å²) in [5.74, 6) is -1.66. The zero-order valence-corrected chi connectivity index (χ0v) is 13.4. The molecule has 1 aliphatic heterocycles. The van der Waals surface area contributed by atoms with Gasteiger partial charge in [0.05, 0.1) is 22.0 Å². The van der Waals surface area contributed by atoms with E-state index in [1.54, 1.807) is 13.0 Å². The van der Waals surface area contributed by atoms with Crippen LogP contribution in [0.1, 0.15) is 17.5 Å². The highest BCUT2D eigenvalue weighted by Gasteiger charge is 2.31. The predicted octanol–water partition coefficient (Wildman–Crippen LogP) is 4.06. The van der Waals surface area contributed by atoms with Gasteiger partial charge in [0.1, 0.15) is 11.6 Å². The Balaban J connectivity index is 1.73. The Labute approximate surface area is 142 Å². The van der Waals surface area contributed by atoms with Gasteiger partial charge in [-0.15, -0.1) is 0 Å². The van der Waals surface area contributed by atoms with Crippen molar-refractivity contribution in [2.24, 2.45) is 5.16 Å². The van der Waals surface area contributed by atoms with Crippen LogP contribution in [0.2, 0.25) is 5.02 Å². The lowest BCUT2D eigenvalue weighted by molar-refractivity contribution is -0.125. The molecule has 0 fully saturated rings. The van der Waals surface area contributed by atoms with E-state index in [1.165, 1.54) is 30.3 Å². The minimum Gasteiger partial charge on any atom is -0.382 e. The molecule has 0 aromatic heterocycles. The lowest BCUT2D eigenvalue weighted by atomic mass is 10.0. The molecule has 2 aromatic rings. The standard InChI is InChI=1S/C17H13ClF2N2O2/c1-9-5-6-11(19)13(7-9)21-17(23)15-8-14(22-24-15)16-10(18)3-2-4-12(16)20/h2-7,15H,8H2,1H3,(H,21,23). The minimum absolute atomic E-state index is 0.0416. The normalized spacial score (nSPS) is 16.5. The van der Waals surface area contributed by atoms with Crippen molar-refractivity contribution in [3.8, 4) is 0 Å². The van der Waals surface area contributed by atoms with E-state index in [0.717, 1.165) is 5.56 Å². The van der Waals surface area contributed by atoms with E-state index in [-0.39, 0.29) is 28.4 Å². The Morgan fingerprint density at radius 3 is 2.83 bits per heavy atom. The average Bonchev–Trinajstić information content (AvgIpc) is 3.00. The highest BCUT2D eigenvalue weighted by atomic mass is 35.5. The molecular weight excluding hydrogens is 338 g/mol. The number of halogens is 3. The highest BCUT2D eigenvalue weighted by Crippen LogP contribution is 2.26. The number of aryl methyl sites for hydroxylation is 1. The first-order valence-electron chi connectivity index (χ1n) is 7.20. The Morgan fingerprint density at radius 2 is 2.08 bits per heavy atom. The maximum atomic E-state index is 13.9. The number of carbonyl (C=O) groups is 1. The zero-order chi connectivity index (χ0) is 17.3. The van der Waals surface area contributed by atoms with Crippen LogP contribution < -0.4 is 5.32 Å². The van der Waals surface area contributed by atoms with E-state index in [1.807, 2.05) is 0 Å². The Kier molecular flexibility index (Phi) is 4.49. The van der Waals surface area contributed by atoms with E-state index in [9.17, 15) is 13.6 Å². The molecule has 4 nitrogen and oxygen atoms in total. The maximum Gasteiger partial charge on any atom is 0.268 e. The van der Waals surface area contributed by atoms with Gasteiger partial charge in [-0.3, -0.25) is 4.79 Å². The van der Waals surface area contributed by atoms with Crippen LogP contribution in [0.5, 0.6) is 0 Å². The largest absolute Gasteiger partial charge is 0.382 e. The van der Waals surface area contributed by atoms with Crippen LogP contribution in [0.15, 0.2) is 41.6 Å². The molecule has 0 radical (unpaired) electrons. The molecule has 7 heteroatoms. The summed E-state index contributed by atoms with van der Waals surface area (Å²) in [4.78, 5) is 17.3. The molecule has 0 bridgehead atoms. The number of nitrogens with one attached hydrogen (secondary N) is 1. The third kappa shape index (κ3) is 3.23. The number of amides is 1. The number of nitrogens with zero attached hydrogens (tertiary/aromatic N) is 1. The van der Waals surface area contributed by atoms with Gasteiger partial charge in [-0.05, 0) is 36.8 Å². The summed E-state index contributed by atoms with van der Waals surface area (Å²) in [6.45, 7) is 1.78. The SMILES string of the molecule is Cc1ccc(F)c(NC(=O)C2CC(c3c(F)cccc3Cl)=NO2)c1. The van der Waals surface area contributed by atoms with Crippen LogP contribution in [0.4, 0.5) is 14.5 Å². The lowest BCUT2D eigenvalue weighted by Crippen LogP contribution is -2.28. The number of oxime groups is 1. The van der Waals surface area contributed by atoms with Gasteiger partial charge in [0.2, 0.25) is 6.10 Å². The third-order valence-corrected chi connectivity index (χ3v) is 3.91. The molecule has 0 saturated carbocycles. The van der Waals surface area contributed by atoms with E-state index in [0.29, 0.717) is 0 Å². The van der Waals surface area contributed by atoms with Gasteiger partial charge in [-0.2, -0.15) is 0 Å². The monoisotopic (exact) mass is 350 g/mol. The summed E-state index contributed by atoms with van der Waals surface area (Å²) in [6, 6.07) is 8.62. The zero-order valence-electron chi connectivity index (χ0n) is 12.6. The third-order valence-electron chi connectivity index (χ3n) is 3.59. The van der Waals surface area contributed by atoms with Crippen molar-refractivity contribution < 1.29 is 18.4 Å². The van der Waals surface area contributed by atoms with Gasteiger partial charge in [-0.1, -0.05) is 28.9 Å². The number of hydrogen-bond acceptors (Lipinski definition) is 3. The van der Waals surface area contributed by atoms with Crippen molar-refractivity contribution in [3.63, 3.8) is 0 Å². The first-order valence-corrected chi connectivity index (χ1v) is 7.57. The first kappa shape index (κ1) is 16.4. The second-order valence-corrected chi connectivity index (χ2v) is 5.81.